The number of carbonyl (C=O) groups is 1. The molecule has 0 aliphatic heterocycles. The Bertz CT molecular complexity index is 253. The highest BCUT2D eigenvalue weighted by Crippen LogP contribution is 2.24. The molecule has 0 heterocycles. The summed E-state index contributed by atoms with van der Waals surface area (Å²) >= 11 is 0. The van der Waals surface area contributed by atoms with E-state index < -0.39 is 17.6 Å². The Labute approximate surface area is 92.5 Å². The number of alkyl halides is 4. The zero-order chi connectivity index (χ0) is 12.8. The number of rotatable bonds is 7. The summed E-state index contributed by atoms with van der Waals surface area (Å²) in [5, 5.41) is 0. The van der Waals surface area contributed by atoms with Crippen molar-refractivity contribution in [2.45, 2.75) is 51.4 Å². The average Bonchev–Trinajstić information content (AvgIpc) is 2.15. The lowest BCUT2D eigenvalue weighted by atomic mass is 10.1. The van der Waals surface area contributed by atoms with Gasteiger partial charge in [-0.15, -0.1) is 0 Å². The van der Waals surface area contributed by atoms with Crippen molar-refractivity contribution in [3.63, 3.8) is 0 Å². The summed E-state index contributed by atoms with van der Waals surface area (Å²) in [6.07, 6.45) is 1.83. The van der Waals surface area contributed by atoms with Gasteiger partial charge in [0.2, 0.25) is 11.7 Å². The molecule has 0 aromatic rings. The normalized spacial score (nSPS) is 13.4. The summed E-state index contributed by atoms with van der Waals surface area (Å²) in [7, 11) is 0. The van der Waals surface area contributed by atoms with Crippen molar-refractivity contribution in [1.82, 2.24) is 0 Å². The fraction of sp³-hybridized carbons (Fsp3) is 0.727. The number of hydrogen-bond donors (Lipinski definition) is 0. The van der Waals surface area contributed by atoms with Crippen molar-refractivity contribution >= 4 is 5.78 Å². The Hall–Kier alpha value is -0.870. The average molecular weight is 240 g/mol. The monoisotopic (exact) mass is 240 g/mol. The highest BCUT2D eigenvalue weighted by molar-refractivity contribution is 5.95. The third kappa shape index (κ3) is 6.58. The van der Waals surface area contributed by atoms with Crippen LogP contribution in [0.4, 0.5) is 17.6 Å². The maximum absolute atomic E-state index is 12.7. The molecule has 0 amide bonds. The molecule has 0 unspecified atom stereocenters. The third-order valence-corrected chi connectivity index (χ3v) is 2.13. The molecule has 16 heavy (non-hydrogen) atoms. The molecule has 0 spiro atoms. The lowest BCUT2D eigenvalue weighted by Gasteiger charge is -2.12. The largest absolute Gasteiger partial charge is 0.306 e. The predicted octanol–water partition coefficient (Wildman–Crippen LogP) is 3.98. The molecule has 0 aliphatic rings. The van der Waals surface area contributed by atoms with Crippen LogP contribution in [0.2, 0.25) is 0 Å². The second-order valence-electron chi connectivity index (χ2n) is 3.76. The molecule has 5 heteroatoms. The second-order valence-corrected chi connectivity index (χ2v) is 3.76. The lowest BCUT2D eigenvalue weighted by molar-refractivity contribution is -0.135. The molecule has 0 aliphatic carbocycles. The van der Waals surface area contributed by atoms with Crippen molar-refractivity contribution < 1.29 is 22.4 Å². The zero-order valence-corrected chi connectivity index (χ0v) is 9.40. The topological polar surface area (TPSA) is 17.1 Å². The van der Waals surface area contributed by atoms with Crippen LogP contribution in [0.15, 0.2) is 12.2 Å². The van der Waals surface area contributed by atoms with Crippen LogP contribution in [-0.2, 0) is 4.79 Å². The number of halogens is 4. The fourth-order valence-electron chi connectivity index (χ4n) is 0.992. The molecule has 0 fully saturated rings. The maximum Gasteiger partial charge on any atom is 0.306 e. The van der Waals surface area contributed by atoms with Crippen molar-refractivity contribution in [1.29, 1.82) is 0 Å². The predicted molar refractivity (Wildman–Crippen MR) is 53.9 cm³/mol. The SMILES string of the molecule is CCC(F)(F)CCC/C=C/C(=O)C(C)(F)F. The first-order valence-corrected chi connectivity index (χ1v) is 5.15. The highest BCUT2D eigenvalue weighted by atomic mass is 19.3. The molecule has 0 aromatic heterocycles. The van der Waals surface area contributed by atoms with E-state index in [4.69, 9.17) is 0 Å². The van der Waals surface area contributed by atoms with Gasteiger partial charge >= 0.3 is 5.92 Å². The smallest absolute Gasteiger partial charge is 0.288 e. The molecule has 0 rings (SSSR count). The molecule has 0 saturated carbocycles. The lowest BCUT2D eigenvalue weighted by Crippen LogP contribution is -2.21. The minimum Gasteiger partial charge on any atom is -0.288 e. The number of ketones is 1. The van der Waals surface area contributed by atoms with E-state index in [2.05, 4.69) is 0 Å². The van der Waals surface area contributed by atoms with Crippen molar-refractivity contribution in [3.05, 3.63) is 12.2 Å². The summed E-state index contributed by atoms with van der Waals surface area (Å²) < 4.78 is 50.1. The summed E-state index contributed by atoms with van der Waals surface area (Å²) in [6.45, 7) is 1.89. The van der Waals surface area contributed by atoms with Gasteiger partial charge in [0, 0.05) is 19.8 Å². The third-order valence-electron chi connectivity index (χ3n) is 2.13. The minimum absolute atomic E-state index is 0.180. The molecular weight excluding hydrogens is 224 g/mol. The van der Waals surface area contributed by atoms with Crippen molar-refractivity contribution in [3.8, 4) is 0 Å². The first kappa shape index (κ1) is 15.1. The van der Waals surface area contributed by atoms with E-state index in [1.165, 1.54) is 13.0 Å². The van der Waals surface area contributed by atoms with Gasteiger partial charge in [-0.2, -0.15) is 8.78 Å². The van der Waals surface area contributed by atoms with E-state index in [1.807, 2.05) is 0 Å². The van der Waals surface area contributed by atoms with E-state index in [9.17, 15) is 22.4 Å². The Morgan fingerprint density at radius 3 is 2.25 bits per heavy atom. The van der Waals surface area contributed by atoms with E-state index >= 15 is 0 Å². The Morgan fingerprint density at radius 1 is 1.25 bits per heavy atom. The van der Waals surface area contributed by atoms with Gasteiger partial charge in [0.25, 0.3) is 0 Å². The molecule has 94 valence electrons. The van der Waals surface area contributed by atoms with Gasteiger partial charge < -0.3 is 0 Å². The molecule has 0 atom stereocenters. The number of allylic oxidation sites excluding steroid dienone is 2. The number of unbranched alkanes of at least 4 members (excludes halogenated alkanes) is 1. The van der Waals surface area contributed by atoms with Crippen LogP contribution >= 0.6 is 0 Å². The summed E-state index contributed by atoms with van der Waals surface area (Å²) in [6, 6.07) is 0. The van der Waals surface area contributed by atoms with Gasteiger partial charge in [-0.25, -0.2) is 8.78 Å². The van der Waals surface area contributed by atoms with E-state index in [1.54, 1.807) is 0 Å². The number of hydrogen-bond acceptors (Lipinski definition) is 1. The Balaban J connectivity index is 3.84. The number of carbonyl (C=O) groups excluding carboxylic acids is 1. The Morgan fingerprint density at radius 2 is 1.81 bits per heavy atom. The summed E-state index contributed by atoms with van der Waals surface area (Å²) in [4.78, 5) is 10.7. The van der Waals surface area contributed by atoms with Gasteiger partial charge in [-0.3, -0.25) is 4.79 Å². The van der Waals surface area contributed by atoms with Crippen LogP contribution in [0.25, 0.3) is 0 Å². The van der Waals surface area contributed by atoms with Gasteiger partial charge in [0.15, 0.2) is 0 Å². The van der Waals surface area contributed by atoms with Crippen LogP contribution < -0.4 is 0 Å². The minimum atomic E-state index is -3.39. The highest BCUT2D eigenvalue weighted by Gasteiger charge is 2.29. The second kappa shape index (κ2) is 6.01. The van der Waals surface area contributed by atoms with E-state index in [0.29, 0.717) is 6.92 Å². The molecule has 0 saturated heterocycles. The van der Waals surface area contributed by atoms with Crippen LogP contribution in [0, 0.1) is 0 Å². The van der Waals surface area contributed by atoms with E-state index in [-0.39, 0.29) is 25.7 Å². The van der Waals surface area contributed by atoms with Crippen molar-refractivity contribution in [2.75, 3.05) is 0 Å². The summed E-state index contributed by atoms with van der Waals surface area (Å²) in [5.41, 5.74) is 0. The van der Waals surface area contributed by atoms with Gasteiger partial charge in [-0.1, -0.05) is 13.0 Å². The van der Waals surface area contributed by atoms with Crippen molar-refractivity contribution in [2.24, 2.45) is 0 Å². The molecule has 0 N–H and O–H groups in total. The van der Waals surface area contributed by atoms with Gasteiger partial charge in [0.1, 0.15) is 0 Å². The fourth-order valence-corrected chi connectivity index (χ4v) is 0.992. The van der Waals surface area contributed by atoms with Gasteiger partial charge in [0.05, 0.1) is 0 Å². The van der Waals surface area contributed by atoms with Gasteiger partial charge in [-0.05, 0) is 18.9 Å². The summed E-state index contributed by atoms with van der Waals surface area (Å²) in [5.74, 6) is -7.38. The quantitative estimate of drug-likeness (QED) is 0.373. The maximum atomic E-state index is 12.7. The zero-order valence-electron chi connectivity index (χ0n) is 9.40. The molecule has 1 nitrogen and oxygen atoms in total. The molecular formula is C11H16F4O. The van der Waals surface area contributed by atoms with E-state index in [0.717, 1.165) is 6.08 Å². The first-order valence-electron chi connectivity index (χ1n) is 5.15. The van der Waals surface area contributed by atoms with Crippen LogP contribution in [0.1, 0.15) is 39.5 Å². The van der Waals surface area contributed by atoms with Crippen LogP contribution in [0.3, 0.4) is 0 Å². The van der Waals surface area contributed by atoms with Crippen LogP contribution in [-0.4, -0.2) is 17.6 Å². The molecule has 0 radical (unpaired) electrons. The molecule has 0 bridgehead atoms. The Kier molecular flexibility index (Phi) is 5.68. The molecule has 0 aromatic carbocycles. The standard InChI is InChI=1S/C11H16F4O/c1-3-11(14,15)8-6-4-5-7-9(16)10(2,12)13/h5,7H,3-4,6,8H2,1-2H3/b7-5+. The van der Waals surface area contributed by atoms with Crippen LogP contribution in [0.5, 0.6) is 0 Å². The first-order chi connectivity index (χ1) is 7.19.